The summed E-state index contributed by atoms with van der Waals surface area (Å²) in [6, 6.07) is 5.71. The van der Waals surface area contributed by atoms with E-state index in [1.54, 1.807) is 17.5 Å². The predicted octanol–water partition coefficient (Wildman–Crippen LogP) is 2.94. The lowest BCUT2D eigenvalue weighted by molar-refractivity contribution is 0.505. The van der Waals surface area contributed by atoms with Crippen LogP contribution in [-0.2, 0) is 0 Å². The molecular formula is C12H16N4S. The number of thiazole rings is 1. The van der Waals surface area contributed by atoms with Crippen molar-refractivity contribution in [2.45, 2.75) is 19.9 Å². The number of hydrogen-bond donors (Lipinski definition) is 2. The van der Waals surface area contributed by atoms with Gasteiger partial charge in [-0.1, -0.05) is 19.9 Å². The third kappa shape index (κ3) is 3.01. The van der Waals surface area contributed by atoms with Gasteiger partial charge in [-0.15, -0.1) is 11.3 Å². The zero-order valence-corrected chi connectivity index (χ0v) is 10.7. The zero-order chi connectivity index (χ0) is 12.3. The highest BCUT2D eigenvalue weighted by Gasteiger charge is 2.14. The van der Waals surface area contributed by atoms with Gasteiger partial charge in [0, 0.05) is 11.6 Å². The highest BCUT2D eigenvalue weighted by Crippen LogP contribution is 2.25. The first kappa shape index (κ1) is 12.0. The third-order valence-electron chi connectivity index (χ3n) is 2.48. The topological polar surface area (TPSA) is 63.8 Å². The van der Waals surface area contributed by atoms with Crippen molar-refractivity contribution in [1.82, 2.24) is 9.97 Å². The number of hydrogen-bond acceptors (Lipinski definition) is 5. The van der Waals surface area contributed by atoms with E-state index in [0.717, 1.165) is 16.6 Å². The maximum atomic E-state index is 6.05. The van der Waals surface area contributed by atoms with Gasteiger partial charge in [-0.2, -0.15) is 0 Å². The molecule has 0 aliphatic carbocycles. The minimum atomic E-state index is -0.00877. The monoisotopic (exact) mass is 248 g/mol. The Hall–Kier alpha value is -1.46. The third-order valence-corrected chi connectivity index (χ3v) is 3.26. The molecule has 0 fully saturated rings. The molecular weight excluding hydrogens is 232 g/mol. The highest BCUT2D eigenvalue weighted by molar-refractivity contribution is 7.13. The van der Waals surface area contributed by atoms with E-state index in [1.165, 1.54) is 0 Å². The highest BCUT2D eigenvalue weighted by atomic mass is 32.1. The van der Waals surface area contributed by atoms with E-state index in [9.17, 15) is 0 Å². The maximum absolute atomic E-state index is 6.05. The summed E-state index contributed by atoms with van der Waals surface area (Å²) in [5, 5.41) is 5.98. The van der Waals surface area contributed by atoms with Gasteiger partial charge in [0.15, 0.2) is 5.13 Å². The molecule has 1 unspecified atom stereocenters. The molecule has 0 bridgehead atoms. The van der Waals surface area contributed by atoms with Crippen molar-refractivity contribution in [2.24, 2.45) is 11.7 Å². The second-order valence-electron chi connectivity index (χ2n) is 4.19. The van der Waals surface area contributed by atoms with Gasteiger partial charge in [-0.3, -0.25) is 0 Å². The molecule has 5 heteroatoms. The van der Waals surface area contributed by atoms with E-state index in [2.05, 4.69) is 29.1 Å². The average Bonchev–Trinajstić information content (AvgIpc) is 2.77. The summed E-state index contributed by atoms with van der Waals surface area (Å²) in [6.07, 6.45) is 1.75. The minimum Gasteiger partial charge on any atom is -0.322 e. The molecule has 2 rings (SSSR count). The van der Waals surface area contributed by atoms with Crippen molar-refractivity contribution >= 4 is 22.3 Å². The van der Waals surface area contributed by atoms with Crippen LogP contribution in [0.25, 0.3) is 0 Å². The normalized spacial score (nSPS) is 12.7. The molecule has 0 aliphatic heterocycles. The summed E-state index contributed by atoms with van der Waals surface area (Å²) in [5.41, 5.74) is 6.98. The van der Waals surface area contributed by atoms with E-state index in [1.807, 2.05) is 23.6 Å². The lowest BCUT2D eigenvalue weighted by Crippen LogP contribution is -2.16. The van der Waals surface area contributed by atoms with Gasteiger partial charge in [0.1, 0.15) is 5.82 Å². The van der Waals surface area contributed by atoms with Gasteiger partial charge in [0.2, 0.25) is 0 Å². The predicted molar refractivity (Wildman–Crippen MR) is 71.4 cm³/mol. The fraction of sp³-hybridized carbons (Fsp3) is 0.333. The van der Waals surface area contributed by atoms with E-state index in [-0.39, 0.29) is 6.04 Å². The Morgan fingerprint density at radius 1 is 1.35 bits per heavy atom. The molecule has 0 saturated heterocycles. The van der Waals surface area contributed by atoms with Crippen LogP contribution in [0.4, 0.5) is 10.9 Å². The fourth-order valence-corrected chi connectivity index (χ4v) is 2.15. The number of nitrogens with zero attached hydrogens (tertiary/aromatic N) is 2. The number of nitrogens with two attached hydrogens (primary N) is 1. The largest absolute Gasteiger partial charge is 0.322 e. The SMILES string of the molecule is CC(C)C(N)c1csc(Nc2ccccn2)n1. The molecule has 2 heterocycles. The molecule has 2 aromatic rings. The number of anilines is 2. The molecule has 0 amide bonds. The van der Waals surface area contributed by atoms with Gasteiger partial charge < -0.3 is 11.1 Å². The van der Waals surface area contributed by atoms with Gasteiger partial charge in [-0.25, -0.2) is 9.97 Å². The lowest BCUT2D eigenvalue weighted by Gasteiger charge is -2.12. The summed E-state index contributed by atoms with van der Waals surface area (Å²) >= 11 is 1.55. The maximum Gasteiger partial charge on any atom is 0.188 e. The van der Waals surface area contributed by atoms with Crippen LogP contribution in [0.3, 0.4) is 0 Å². The number of rotatable bonds is 4. The van der Waals surface area contributed by atoms with E-state index in [4.69, 9.17) is 5.73 Å². The van der Waals surface area contributed by atoms with E-state index >= 15 is 0 Å². The average molecular weight is 248 g/mol. The fourth-order valence-electron chi connectivity index (χ4n) is 1.38. The van der Waals surface area contributed by atoms with Crippen molar-refractivity contribution in [1.29, 1.82) is 0 Å². The van der Waals surface area contributed by atoms with Crippen LogP contribution in [0.5, 0.6) is 0 Å². The number of nitrogens with one attached hydrogen (secondary N) is 1. The minimum absolute atomic E-state index is 0.00877. The molecule has 0 spiro atoms. The summed E-state index contributed by atoms with van der Waals surface area (Å²) in [4.78, 5) is 8.66. The first-order valence-electron chi connectivity index (χ1n) is 5.56. The van der Waals surface area contributed by atoms with Crippen molar-refractivity contribution in [3.8, 4) is 0 Å². The van der Waals surface area contributed by atoms with Gasteiger partial charge in [0.05, 0.1) is 11.7 Å². The van der Waals surface area contributed by atoms with E-state index < -0.39 is 0 Å². The van der Waals surface area contributed by atoms with Crippen LogP contribution < -0.4 is 11.1 Å². The molecule has 4 nitrogen and oxygen atoms in total. The number of aromatic nitrogens is 2. The Kier molecular flexibility index (Phi) is 3.71. The van der Waals surface area contributed by atoms with Crippen LogP contribution in [0.1, 0.15) is 25.6 Å². The lowest BCUT2D eigenvalue weighted by atomic mass is 10.0. The van der Waals surface area contributed by atoms with Gasteiger partial charge in [0.25, 0.3) is 0 Å². The molecule has 17 heavy (non-hydrogen) atoms. The van der Waals surface area contributed by atoms with Gasteiger partial charge >= 0.3 is 0 Å². The summed E-state index contributed by atoms with van der Waals surface area (Å²) in [7, 11) is 0. The van der Waals surface area contributed by atoms with Crippen LogP contribution in [0.15, 0.2) is 29.8 Å². The van der Waals surface area contributed by atoms with E-state index in [0.29, 0.717) is 5.92 Å². The van der Waals surface area contributed by atoms with Gasteiger partial charge in [-0.05, 0) is 18.1 Å². The molecule has 2 aromatic heterocycles. The van der Waals surface area contributed by atoms with Crippen molar-refractivity contribution in [3.05, 3.63) is 35.5 Å². The molecule has 90 valence electrons. The summed E-state index contributed by atoms with van der Waals surface area (Å²) in [6.45, 7) is 4.19. The second kappa shape index (κ2) is 5.25. The van der Waals surface area contributed by atoms with Crippen molar-refractivity contribution < 1.29 is 0 Å². The van der Waals surface area contributed by atoms with Crippen molar-refractivity contribution in [2.75, 3.05) is 5.32 Å². The van der Waals surface area contributed by atoms with Crippen molar-refractivity contribution in [3.63, 3.8) is 0 Å². The van der Waals surface area contributed by atoms with Crippen LogP contribution in [0, 0.1) is 5.92 Å². The summed E-state index contributed by atoms with van der Waals surface area (Å²) < 4.78 is 0. The second-order valence-corrected chi connectivity index (χ2v) is 5.05. The molecule has 0 aliphatic rings. The Morgan fingerprint density at radius 2 is 2.18 bits per heavy atom. The van der Waals surface area contributed by atoms with Crippen LogP contribution >= 0.6 is 11.3 Å². The quantitative estimate of drug-likeness (QED) is 0.873. The van der Waals surface area contributed by atoms with Crippen LogP contribution in [0.2, 0.25) is 0 Å². The Labute approximate surface area is 105 Å². The molecule has 3 N–H and O–H groups in total. The molecule has 0 aromatic carbocycles. The first-order valence-corrected chi connectivity index (χ1v) is 6.44. The Balaban J connectivity index is 2.09. The zero-order valence-electron chi connectivity index (χ0n) is 9.92. The standard InChI is InChI=1S/C12H16N4S/c1-8(2)11(13)9-7-17-12(15-9)16-10-5-3-4-6-14-10/h3-8,11H,13H2,1-2H3,(H,14,15,16). The molecule has 0 radical (unpaired) electrons. The molecule has 1 atom stereocenters. The smallest absolute Gasteiger partial charge is 0.188 e. The number of pyridine rings is 1. The Bertz CT molecular complexity index is 466. The van der Waals surface area contributed by atoms with Crippen LogP contribution in [-0.4, -0.2) is 9.97 Å². The first-order chi connectivity index (χ1) is 8.16. The Morgan fingerprint density at radius 3 is 2.82 bits per heavy atom. The summed E-state index contributed by atoms with van der Waals surface area (Å²) in [5.74, 6) is 1.19. The molecule has 0 saturated carbocycles.